The highest BCUT2D eigenvalue weighted by Crippen LogP contribution is 2.05. The van der Waals surface area contributed by atoms with E-state index in [9.17, 15) is 4.79 Å². The Bertz CT molecular complexity index is 292. The SMILES string of the molecule is CC(=O)Cc1nc(CC(C)C)no1. The van der Waals surface area contributed by atoms with Crippen LogP contribution in [-0.2, 0) is 17.6 Å². The molecule has 13 heavy (non-hydrogen) atoms. The second kappa shape index (κ2) is 4.16. The van der Waals surface area contributed by atoms with Gasteiger partial charge < -0.3 is 4.52 Å². The van der Waals surface area contributed by atoms with Crippen molar-refractivity contribution in [2.75, 3.05) is 0 Å². The van der Waals surface area contributed by atoms with Crippen LogP contribution in [0.25, 0.3) is 0 Å². The van der Waals surface area contributed by atoms with Crippen molar-refractivity contribution in [1.82, 2.24) is 10.1 Å². The quantitative estimate of drug-likeness (QED) is 0.706. The number of carbonyl (C=O) groups is 1. The van der Waals surface area contributed by atoms with Crippen molar-refractivity contribution in [1.29, 1.82) is 0 Å². The Morgan fingerprint density at radius 2 is 2.23 bits per heavy atom. The molecule has 0 unspecified atom stereocenters. The largest absolute Gasteiger partial charge is 0.339 e. The fourth-order valence-electron chi connectivity index (χ4n) is 1.02. The lowest BCUT2D eigenvalue weighted by atomic mass is 10.1. The van der Waals surface area contributed by atoms with E-state index in [1.54, 1.807) is 0 Å². The first-order valence-corrected chi connectivity index (χ1v) is 4.39. The van der Waals surface area contributed by atoms with Gasteiger partial charge in [-0.1, -0.05) is 19.0 Å². The molecule has 0 bridgehead atoms. The van der Waals surface area contributed by atoms with E-state index in [-0.39, 0.29) is 12.2 Å². The third-order valence-electron chi connectivity index (χ3n) is 1.50. The zero-order chi connectivity index (χ0) is 9.84. The molecule has 0 radical (unpaired) electrons. The standard InChI is InChI=1S/C9H14N2O2/c1-6(2)4-8-10-9(13-11-8)5-7(3)12/h6H,4-5H2,1-3H3. The van der Waals surface area contributed by atoms with E-state index in [2.05, 4.69) is 24.0 Å². The van der Waals surface area contributed by atoms with Gasteiger partial charge in [0.1, 0.15) is 5.78 Å². The Morgan fingerprint density at radius 1 is 1.54 bits per heavy atom. The van der Waals surface area contributed by atoms with Crippen molar-refractivity contribution in [3.63, 3.8) is 0 Å². The van der Waals surface area contributed by atoms with Crippen LogP contribution >= 0.6 is 0 Å². The number of hydrogen-bond acceptors (Lipinski definition) is 4. The Balaban J connectivity index is 2.58. The second-order valence-electron chi connectivity index (χ2n) is 3.58. The predicted molar refractivity (Wildman–Crippen MR) is 47.2 cm³/mol. The topological polar surface area (TPSA) is 56.0 Å². The first kappa shape index (κ1) is 9.89. The van der Waals surface area contributed by atoms with Crippen molar-refractivity contribution < 1.29 is 9.32 Å². The number of carbonyl (C=O) groups excluding carboxylic acids is 1. The lowest BCUT2D eigenvalue weighted by Crippen LogP contribution is -1.98. The first-order chi connectivity index (χ1) is 6.08. The summed E-state index contributed by atoms with van der Waals surface area (Å²) in [5.74, 6) is 1.65. The molecular formula is C9H14N2O2. The second-order valence-corrected chi connectivity index (χ2v) is 3.58. The zero-order valence-electron chi connectivity index (χ0n) is 8.20. The minimum Gasteiger partial charge on any atom is -0.339 e. The highest BCUT2D eigenvalue weighted by Gasteiger charge is 2.09. The van der Waals surface area contributed by atoms with E-state index < -0.39 is 0 Å². The fourth-order valence-corrected chi connectivity index (χ4v) is 1.02. The van der Waals surface area contributed by atoms with Crippen molar-refractivity contribution in [3.05, 3.63) is 11.7 Å². The molecule has 4 nitrogen and oxygen atoms in total. The maximum atomic E-state index is 10.7. The van der Waals surface area contributed by atoms with E-state index in [4.69, 9.17) is 4.52 Å². The Labute approximate surface area is 77.3 Å². The van der Waals surface area contributed by atoms with E-state index in [0.717, 1.165) is 6.42 Å². The van der Waals surface area contributed by atoms with E-state index >= 15 is 0 Å². The molecule has 1 heterocycles. The lowest BCUT2D eigenvalue weighted by molar-refractivity contribution is -0.116. The Morgan fingerprint density at radius 3 is 2.77 bits per heavy atom. The van der Waals surface area contributed by atoms with Gasteiger partial charge in [0.05, 0.1) is 6.42 Å². The summed E-state index contributed by atoms with van der Waals surface area (Å²) in [5.41, 5.74) is 0. The number of rotatable bonds is 4. The highest BCUT2D eigenvalue weighted by atomic mass is 16.5. The molecule has 0 aliphatic carbocycles. The van der Waals surface area contributed by atoms with Crippen LogP contribution in [0.5, 0.6) is 0 Å². The number of nitrogens with zero attached hydrogens (tertiary/aromatic N) is 2. The van der Waals surface area contributed by atoms with E-state index in [1.165, 1.54) is 6.92 Å². The maximum absolute atomic E-state index is 10.7. The summed E-state index contributed by atoms with van der Waals surface area (Å²) in [4.78, 5) is 14.8. The molecule has 1 aromatic heterocycles. The van der Waals surface area contributed by atoms with Crippen LogP contribution in [0.1, 0.15) is 32.5 Å². The van der Waals surface area contributed by atoms with Crippen LogP contribution in [0.15, 0.2) is 4.52 Å². The van der Waals surface area contributed by atoms with Crippen molar-refractivity contribution >= 4 is 5.78 Å². The van der Waals surface area contributed by atoms with Crippen LogP contribution < -0.4 is 0 Å². The zero-order valence-corrected chi connectivity index (χ0v) is 8.20. The van der Waals surface area contributed by atoms with Crippen molar-refractivity contribution in [2.24, 2.45) is 5.92 Å². The van der Waals surface area contributed by atoms with Crippen LogP contribution in [0.2, 0.25) is 0 Å². The Hall–Kier alpha value is -1.19. The van der Waals surface area contributed by atoms with Gasteiger partial charge >= 0.3 is 0 Å². The van der Waals surface area contributed by atoms with Gasteiger partial charge in [0.15, 0.2) is 5.82 Å². The van der Waals surface area contributed by atoms with E-state index in [1.807, 2.05) is 0 Å². The van der Waals surface area contributed by atoms with Crippen LogP contribution in [-0.4, -0.2) is 15.9 Å². The van der Waals surface area contributed by atoms with Gasteiger partial charge in [-0.25, -0.2) is 0 Å². The molecule has 0 atom stereocenters. The van der Waals surface area contributed by atoms with Crippen molar-refractivity contribution in [3.8, 4) is 0 Å². The van der Waals surface area contributed by atoms with Crippen LogP contribution in [0, 0.1) is 5.92 Å². The summed E-state index contributed by atoms with van der Waals surface area (Å²) in [5, 5.41) is 3.77. The normalized spacial score (nSPS) is 10.8. The molecule has 0 N–H and O–H groups in total. The molecular weight excluding hydrogens is 168 g/mol. The summed E-state index contributed by atoms with van der Waals surface area (Å²) in [6, 6.07) is 0. The molecule has 4 heteroatoms. The lowest BCUT2D eigenvalue weighted by Gasteiger charge is -1.95. The number of ketones is 1. The third kappa shape index (κ3) is 3.36. The molecule has 0 spiro atoms. The maximum Gasteiger partial charge on any atom is 0.234 e. The van der Waals surface area contributed by atoms with Crippen LogP contribution in [0.3, 0.4) is 0 Å². The summed E-state index contributed by atoms with van der Waals surface area (Å²) in [7, 11) is 0. The number of hydrogen-bond donors (Lipinski definition) is 0. The molecule has 1 rings (SSSR count). The minimum absolute atomic E-state index is 0.0414. The molecule has 0 amide bonds. The molecule has 0 aromatic carbocycles. The summed E-state index contributed by atoms with van der Waals surface area (Å²) in [6.07, 6.45) is 1.03. The van der Waals surface area contributed by atoms with Gasteiger partial charge in [0, 0.05) is 6.42 Å². The highest BCUT2D eigenvalue weighted by molar-refractivity contribution is 5.77. The fraction of sp³-hybridized carbons (Fsp3) is 0.667. The first-order valence-electron chi connectivity index (χ1n) is 4.39. The number of aromatic nitrogens is 2. The van der Waals surface area contributed by atoms with E-state index in [0.29, 0.717) is 17.6 Å². The Kier molecular flexibility index (Phi) is 3.17. The predicted octanol–water partition coefficient (Wildman–Crippen LogP) is 1.40. The van der Waals surface area contributed by atoms with Gasteiger partial charge in [-0.2, -0.15) is 4.98 Å². The van der Waals surface area contributed by atoms with Gasteiger partial charge in [0.2, 0.25) is 5.89 Å². The molecule has 0 saturated heterocycles. The molecule has 1 aromatic rings. The van der Waals surface area contributed by atoms with Gasteiger partial charge in [-0.3, -0.25) is 4.79 Å². The van der Waals surface area contributed by atoms with Gasteiger partial charge in [-0.15, -0.1) is 0 Å². The summed E-state index contributed by atoms with van der Waals surface area (Å²) < 4.78 is 4.89. The van der Waals surface area contributed by atoms with Crippen molar-refractivity contribution in [2.45, 2.75) is 33.6 Å². The average molecular weight is 182 g/mol. The molecule has 0 aliphatic heterocycles. The average Bonchev–Trinajstić information content (AvgIpc) is 2.33. The smallest absolute Gasteiger partial charge is 0.234 e. The molecule has 0 fully saturated rings. The number of Topliss-reactive ketones (excluding diaryl/α,β-unsaturated/α-hetero) is 1. The minimum atomic E-state index is 0.0414. The monoisotopic (exact) mass is 182 g/mol. The molecule has 0 saturated carbocycles. The van der Waals surface area contributed by atoms with Crippen LogP contribution in [0.4, 0.5) is 0 Å². The molecule has 72 valence electrons. The summed E-state index contributed by atoms with van der Waals surface area (Å²) >= 11 is 0. The molecule has 0 aliphatic rings. The third-order valence-corrected chi connectivity index (χ3v) is 1.50. The van der Waals surface area contributed by atoms with Gasteiger partial charge in [-0.05, 0) is 12.8 Å². The summed E-state index contributed by atoms with van der Waals surface area (Å²) in [6.45, 7) is 5.67. The van der Waals surface area contributed by atoms with Gasteiger partial charge in [0.25, 0.3) is 0 Å².